The Morgan fingerprint density at radius 2 is 1.94 bits per heavy atom. The second-order valence-corrected chi connectivity index (χ2v) is 9.83. The van der Waals surface area contributed by atoms with E-state index in [0.29, 0.717) is 5.69 Å². The fraction of sp³-hybridized carbons (Fsp3) is 0.348. The van der Waals surface area contributed by atoms with Crippen molar-refractivity contribution in [2.75, 3.05) is 13.1 Å². The standard InChI is InChI=1S/C23H22BrClFN3O4/c1-11(2)14-6-4-5-12(3)19(14)29-20-16(7-15(25)17(24)18(20)26)28(21(30)22(29)31)10-13-8-27(9-13)23(32)33/h4-7,11,13H,8-10H2,1-3H3,(H,32,33). The Bertz CT molecular complexity index is 1410. The maximum Gasteiger partial charge on any atom is 0.407 e. The lowest BCUT2D eigenvalue weighted by Gasteiger charge is -2.37. The fourth-order valence-corrected chi connectivity index (χ4v) is 4.85. The van der Waals surface area contributed by atoms with Gasteiger partial charge < -0.3 is 14.6 Å². The van der Waals surface area contributed by atoms with Gasteiger partial charge in [-0.3, -0.25) is 14.2 Å². The molecule has 174 valence electrons. The number of amides is 1. The highest BCUT2D eigenvalue weighted by atomic mass is 79.9. The van der Waals surface area contributed by atoms with Crippen LogP contribution in [0.25, 0.3) is 16.7 Å². The monoisotopic (exact) mass is 537 g/mol. The summed E-state index contributed by atoms with van der Waals surface area (Å²) in [6.45, 7) is 6.27. The van der Waals surface area contributed by atoms with Gasteiger partial charge in [-0.1, -0.05) is 43.6 Å². The highest BCUT2D eigenvalue weighted by Crippen LogP contribution is 2.34. The summed E-state index contributed by atoms with van der Waals surface area (Å²) in [5, 5.41) is 9.14. The topological polar surface area (TPSA) is 84.5 Å². The Morgan fingerprint density at radius 1 is 1.27 bits per heavy atom. The Labute approximate surface area is 202 Å². The van der Waals surface area contributed by atoms with Gasteiger partial charge in [-0.05, 0) is 46.0 Å². The second kappa shape index (κ2) is 8.61. The molecule has 7 nitrogen and oxygen atoms in total. The number of likely N-dealkylation sites (tertiary alicyclic amines) is 1. The molecular formula is C23H22BrClFN3O4. The number of aromatic nitrogens is 2. The molecule has 2 aromatic carbocycles. The minimum Gasteiger partial charge on any atom is -0.465 e. The van der Waals surface area contributed by atoms with E-state index in [9.17, 15) is 14.4 Å². The minimum absolute atomic E-state index is 0.00427. The smallest absolute Gasteiger partial charge is 0.407 e. The first kappa shape index (κ1) is 23.5. The van der Waals surface area contributed by atoms with Crippen LogP contribution < -0.4 is 11.1 Å². The van der Waals surface area contributed by atoms with Crippen LogP contribution in [0.4, 0.5) is 9.18 Å². The van der Waals surface area contributed by atoms with Crippen molar-refractivity contribution in [3.63, 3.8) is 0 Å². The van der Waals surface area contributed by atoms with Crippen LogP contribution in [0.3, 0.4) is 0 Å². The van der Waals surface area contributed by atoms with Crippen molar-refractivity contribution in [1.29, 1.82) is 0 Å². The number of para-hydroxylation sites is 1. The molecule has 0 atom stereocenters. The van der Waals surface area contributed by atoms with E-state index in [2.05, 4.69) is 15.9 Å². The molecule has 0 aliphatic carbocycles. The minimum atomic E-state index is -1.04. The third kappa shape index (κ3) is 3.87. The van der Waals surface area contributed by atoms with Gasteiger partial charge in [0, 0.05) is 25.6 Å². The summed E-state index contributed by atoms with van der Waals surface area (Å²) in [4.78, 5) is 39.0. The number of halogens is 3. The summed E-state index contributed by atoms with van der Waals surface area (Å²) in [5.41, 5.74) is 0.438. The van der Waals surface area contributed by atoms with Crippen LogP contribution in [0.2, 0.25) is 5.02 Å². The van der Waals surface area contributed by atoms with Crippen molar-refractivity contribution in [3.8, 4) is 5.69 Å². The molecule has 1 aliphatic rings. The summed E-state index contributed by atoms with van der Waals surface area (Å²) in [6, 6.07) is 6.98. The van der Waals surface area contributed by atoms with E-state index < -0.39 is 23.0 Å². The molecule has 0 saturated carbocycles. The van der Waals surface area contributed by atoms with Gasteiger partial charge in [-0.25, -0.2) is 9.18 Å². The van der Waals surface area contributed by atoms with Crippen LogP contribution >= 0.6 is 27.5 Å². The maximum atomic E-state index is 15.7. The summed E-state index contributed by atoms with van der Waals surface area (Å²) >= 11 is 9.40. The van der Waals surface area contributed by atoms with Crippen LogP contribution in [0, 0.1) is 18.7 Å². The maximum absolute atomic E-state index is 15.7. The molecule has 0 radical (unpaired) electrons. The molecule has 1 N–H and O–H groups in total. The Hall–Kier alpha value is -2.65. The number of aryl methyl sites for hydroxylation is 1. The van der Waals surface area contributed by atoms with Gasteiger partial charge in [0.1, 0.15) is 5.52 Å². The van der Waals surface area contributed by atoms with E-state index in [-0.39, 0.29) is 52.0 Å². The summed E-state index contributed by atoms with van der Waals surface area (Å²) in [6.07, 6.45) is -1.04. The molecular weight excluding hydrogens is 517 g/mol. The molecule has 1 amide bonds. The molecule has 1 aromatic heterocycles. The lowest BCUT2D eigenvalue weighted by Crippen LogP contribution is -2.52. The number of carbonyl (C=O) groups is 1. The van der Waals surface area contributed by atoms with Crippen LogP contribution in [-0.2, 0) is 6.54 Å². The van der Waals surface area contributed by atoms with E-state index >= 15 is 4.39 Å². The summed E-state index contributed by atoms with van der Waals surface area (Å²) < 4.78 is 18.0. The lowest BCUT2D eigenvalue weighted by molar-refractivity contribution is 0.0748. The highest BCUT2D eigenvalue weighted by Gasteiger charge is 2.32. The molecule has 3 aromatic rings. The van der Waals surface area contributed by atoms with E-state index in [0.717, 1.165) is 15.7 Å². The summed E-state index contributed by atoms with van der Waals surface area (Å²) in [7, 11) is 0. The Morgan fingerprint density at radius 3 is 2.55 bits per heavy atom. The van der Waals surface area contributed by atoms with E-state index in [1.54, 1.807) is 0 Å². The van der Waals surface area contributed by atoms with E-state index in [4.69, 9.17) is 16.7 Å². The van der Waals surface area contributed by atoms with Gasteiger partial charge in [0.2, 0.25) is 0 Å². The van der Waals surface area contributed by atoms with Gasteiger partial charge in [-0.2, -0.15) is 0 Å². The number of hydrogen-bond acceptors (Lipinski definition) is 3. The molecule has 4 rings (SSSR count). The number of carboxylic acid groups (broad SMARTS) is 1. The van der Waals surface area contributed by atoms with Crippen molar-refractivity contribution < 1.29 is 14.3 Å². The van der Waals surface area contributed by atoms with Gasteiger partial charge in [-0.15, -0.1) is 0 Å². The first-order chi connectivity index (χ1) is 15.5. The highest BCUT2D eigenvalue weighted by molar-refractivity contribution is 9.10. The molecule has 0 unspecified atom stereocenters. The zero-order valence-corrected chi connectivity index (χ0v) is 20.6. The Kier molecular flexibility index (Phi) is 6.13. The number of hydrogen-bond donors (Lipinski definition) is 1. The molecule has 2 heterocycles. The van der Waals surface area contributed by atoms with Crippen LogP contribution in [0.1, 0.15) is 30.9 Å². The molecule has 1 fully saturated rings. The van der Waals surface area contributed by atoms with Gasteiger partial charge >= 0.3 is 17.2 Å². The zero-order chi connectivity index (χ0) is 24.2. The second-order valence-electron chi connectivity index (χ2n) is 8.63. The van der Waals surface area contributed by atoms with Crippen molar-refractivity contribution >= 4 is 44.7 Å². The third-order valence-electron chi connectivity index (χ3n) is 6.05. The normalized spacial score (nSPS) is 14.2. The molecule has 0 bridgehead atoms. The van der Waals surface area contributed by atoms with Gasteiger partial charge in [0.15, 0.2) is 5.82 Å². The van der Waals surface area contributed by atoms with Crippen molar-refractivity contribution in [2.24, 2.45) is 5.92 Å². The molecule has 1 saturated heterocycles. The predicted molar refractivity (Wildman–Crippen MR) is 128 cm³/mol. The van der Waals surface area contributed by atoms with E-state index in [1.807, 2.05) is 39.0 Å². The Balaban J connectivity index is 2.05. The predicted octanol–water partition coefficient (Wildman–Crippen LogP) is 4.75. The van der Waals surface area contributed by atoms with Gasteiger partial charge in [0.05, 0.1) is 20.7 Å². The summed E-state index contributed by atoms with van der Waals surface area (Å²) in [5.74, 6) is -0.908. The van der Waals surface area contributed by atoms with Crippen molar-refractivity contribution in [3.05, 3.63) is 71.4 Å². The van der Waals surface area contributed by atoms with Crippen LogP contribution in [0.15, 0.2) is 38.3 Å². The van der Waals surface area contributed by atoms with Crippen molar-refractivity contribution in [2.45, 2.75) is 33.2 Å². The zero-order valence-electron chi connectivity index (χ0n) is 18.2. The largest absolute Gasteiger partial charge is 0.465 e. The quantitative estimate of drug-likeness (QED) is 0.384. The van der Waals surface area contributed by atoms with Gasteiger partial charge in [0.25, 0.3) is 0 Å². The van der Waals surface area contributed by atoms with E-state index in [1.165, 1.54) is 15.5 Å². The number of fused-ring (bicyclic) bond motifs is 1. The molecule has 33 heavy (non-hydrogen) atoms. The first-order valence-electron chi connectivity index (χ1n) is 10.4. The number of benzene rings is 2. The van der Waals surface area contributed by atoms with Crippen LogP contribution in [0.5, 0.6) is 0 Å². The van der Waals surface area contributed by atoms with Crippen LogP contribution in [-0.4, -0.2) is 38.3 Å². The molecule has 1 aliphatic heterocycles. The van der Waals surface area contributed by atoms with Crippen molar-refractivity contribution in [1.82, 2.24) is 14.0 Å². The lowest BCUT2D eigenvalue weighted by atomic mass is 9.97. The average Bonchev–Trinajstić information content (AvgIpc) is 2.72. The number of nitrogens with zero attached hydrogens (tertiary/aromatic N) is 3. The SMILES string of the molecule is Cc1cccc(C(C)C)c1-n1c(=O)c(=O)n(CC2CN(C(=O)O)C2)c2cc(Cl)c(Br)c(F)c21. The fourth-order valence-electron chi connectivity index (χ4n) is 4.36. The average molecular weight is 539 g/mol. The third-order valence-corrected chi connectivity index (χ3v) is 7.35. The molecule has 10 heteroatoms. The first-order valence-corrected chi connectivity index (χ1v) is 11.6. The molecule has 0 spiro atoms. The number of rotatable bonds is 4.